The van der Waals surface area contributed by atoms with Crippen molar-refractivity contribution in [2.24, 2.45) is 0 Å². The summed E-state index contributed by atoms with van der Waals surface area (Å²) >= 11 is 0. The lowest BCUT2D eigenvalue weighted by molar-refractivity contribution is 0.358. The van der Waals surface area contributed by atoms with Crippen LogP contribution in [0.1, 0.15) is 41.5 Å². The van der Waals surface area contributed by atoms with Crippen LogP contribution in [0, 0.1) is 0 Å². The third-order valence-corrected chi connectivity index (χ3v) is 2.85. The Kier molecular flexibility index (Phi) is 3.00. The van der Waals surface area contributed by atoms with E-state index in [1.165, 1.54) is 5.39 Å². The van der Waals surface area contributed by atoms with E-state index in [0.29, 0.717) is 0 Å². The van der Waals surface area contributed by atoms with Gasteiger partial charge < -0.3 is 0 Å². The lowest BCUT2D eigenvalue weighted by Crippen LogP contribution is -2.25. The molecule has 96 valence electrons. The smallest absolute Gasteiger partial charge is 0.187 e. The van der Waals surface area contributed by atoms with Crippen molar-refractivity contribution in [3.05, 3.63) is 18.5 Å². The van der Waals surface area contributed by atoms with E-state index in [1.54, 1.807) is 0 Å². The summed E-state index contributed by atoms with van der Waals surface area (Å²) < 4.78 is 2.01. The van der Waals surface area contributed by atoms with Crippen molar-refractivity contribution in [1.29, 1.82) is 0 Å². The minimum absolute atomic E-state index is 0.0171. The fraction of sp³-hybridized carbons (Fsp3) is 0.571. The van der Waals surface area contributed by atoms with Gasteiger partial charge in [0.2, 0.25) is 0 Å². The highest BCUT2D eigenvalue weighted by atomic mass is 15.3. The van der Waals surface area contributed by atoms with Crippen molar-refractivity contribution in [2.45, 2.75) is 52.4 Å². The van der Waals surface area contributed by atoms with Gasteiger partial charge in [-0.15, -0.1) is 0 Å². The molecule has 4 heteroatoms. The van der Waals surface area contributed by atoms with E-state index in [1.807, 2.05) is 10.9 Å². The van der Waals surface area contributed by atoms with E-state index in [9.17, 15) is 0 Å². The van der Waals surface area contributed by atoms with Gasteiger partial charge in [0.25, 0.3) is 0 Å². The summed E-state index contributed by atoms with van der Waals surface area (Å²) in [6.07, 6.45) is 4.00. The third kappa shape index (κ3) is 2.92. The summed E-state index contributed by atoms with van der Waals surface area (Å²) in [6, 6.07) is 2.16. The van der Waals surface area contributed by atoms with Crippen LogP contribution in [0.3, 0.4) is 0 Å². The van der Waals surface area contributed by atoms with Gasteiger partial charge in [-0.2, -0.15) is 5.10 Å². The van der Waals surface area contributed by atoms with Crippen LogP contribution in [0.5, 0.6) is 0 Å². The van der Waals surface area contributed by atoms with E-state index in [-0.39, 0.29) is 10.9 Å². The van der Waals surface area contributed by atoms with Gasteiger partial charge >= 0.3 is 0 Å². The summed E-state index contributed by atoms with van der Waals surface area (Å²) in [7, 11) is 0.990. The summed E-state index contributed by atoms with van der Waals surface area (Å²) in [5.74, 6) is 0. The molecule has 3 nitrogen and oxygen atoms in total. The Bertz CT molecular complexity index is 558. The van der Waals surface area contributed by atoms with Gasteiger partial charge in [0.15, 0.2) is 7.28 Å². The second-order valence-electron chi connectivity index (χ2n) is 7.22. The van der Waals surface area contributed by atoms with E-state index < -0.39 is 0 Å². The van der Waals surface area contributed by atoms with Crippen LogP contribution in [-0.4, -0.2) is 22.0 Å². The summed E-state index contributed by atoms with van der Waals surface area (Å²) in [5.41, 5.74) is 2.13. The number of aromatic nitrogens is 3. The average Bonchev–Trinajstić information content (AvgIpc) is 2.57. The molecule has 0 aliphatic carbocycles. The van der Waals surface area contributed by atoms with Gasteiger partial charge in [-0.05, 0) is 26.8 Å². The molecule has 2 aromatic heterocycles. The second-order valence-corrected chi connectivity index (χ2v) is 7.22. The number of fused-ring (bicyclic) bond motifs is 1. The van der Waals surface area contributed by atoms with Gasteiger partial charge in [0.1, 0.15) is 5.52 Å². The number of hydrogen-bond donors (Lipinski definition) is 0. The molecule has 2 rings (SSSR count). The van der Waals surface area contributed by atoms with Crippen molar-refractivity contribution >= 4 is 23.8 Å². The molecule has 0 unspecified atom stereocenters. The lowest BCUT2D eigenvalue weighted by atomic mass is 9.53. The highest BCUT2D eigenvalue weighted by molar-refractivity contribution is 6.55. The van der Waals surface area contributed by atoms with Crippen molar-refractivity contribution in [3.8, 4) is 0 Å². The van der Waals surface area contributed by atoms with Crippen LogP contribution in [0.15, 0.2) is 18.5 Å². The second kappa shape index (κ2) is 4.11. The van der Waals surface area contributed by atoms with Crippen molar-refractivity contribution in [1.82, 2.24) is 14.8 Å². The van der Waals surface area contributed by atoms with Crippen molar-refractivity contribution in [3.63, 3.8) is 0 Å². The van der Waals surface area contributed by atoms with Crippen molar-refractivity contribution in [2.75, 3.05) is 0 Å². The maximum atomic E-state index is 4.58. The van der Waals surface area contributed by atoms with Gasteiger partial charge in [-0.3, -0.25) is 9.67 Å². The van der Waals surface area contributed by atoms with Crippen LogP contribution in [0.25, 0.3) is 10.9 Å². The van der Waals surface area contributed by atoms with Gasteiger partial charge in [-0.25, -0.2) is 0 Å². The van der Waals surface area contributed by atoms with Gasteiger partial charge in [-0.1, -0.05) is 26.1 Å². The Morgan fingerprint density at radius 1 is 1.11 bits per heavy atom. The SMILES string of the molecule is CC(C)(C)Bc1cc2cn(C(C)(C)C)nc2cn1. The summed E-state index contributed by atoms with van der Waals surface area (Å²) in [5, 5.41) is 6.02. The van der Waals surface area contributed by atoms with E-state index in [0.717, 1.165) is 18.4 Å². The first-order valence-electron chi connectivity index (χ1n) is 6.50. The Balaban J connectivity index is 2.40. The molecular formula is C14H22BN3. The minimum atomic E-state index is 0.0171. The quantitative estimate of drug-likeness (QED) is 0.720. The van der Waals surface area contributed by atoms with Crippen LogP contribution in [-0.2, 0) is 5.54 Å². The Labute approximate surface area is 110 Å². The van der Waals surface area contributed by atoms with Crippen LogP contribution < -0.4 is 5.59 Å². The molecule has 0 radical (unpaired) electrons. The molecule has 2 heterocycles. The first-order valence-corrected chi connectivity index (χ1v) is 6.50. The lowest BCUT2D eigenvalue weighted by Gasteiger charge is -2.18. The molecule has 0 bridgehead atoms. The Hall–Kier alpha value is -1.32. The molecule has 0 saturated heterocycles. The molecule has 18 heavy (non-hydrogen) atoms. The first kappa shape index (κ1) is 13.1. The zero-order chi connectivity index (χ0) is 13.6. The molecule has 2 aromatic rings. The van der Waals surface area contributed by atoms with E-state index >= 15 is 0 Å². The molecule has 0 amide bonds. The maximum Gasteiger partial charge on any atom is 0.187 e. The molecule has 0 aliphatic heterocycles. The normalized spacial score (nSPS) is 13.0. The van der Waals surface area contributed by atoms with Gasteiger partial charge in [0.05, 0.1) is 11.7 Å². The standard InChI is InChI=1S/C14H22BN3/c1-13(2,3)15-12-7-10-9-18(14(4,5)6)17-11(10)8-16-12/h7-9,15H,1-6H3. The van der Waals surface area contributed by atoms with Crippen LogP contribution in [0.2, 0.25) is 5.31 Å². The highest BCUT2D eigenvalue weighted by Crippen LogP contribution is 2.21. The molecule has 0 atom stereocenters. The molecule has 0 aliphatic rings. The average molecular weight is 243 g/mol. The number of hydrogen-bond acceptors (Lipinski definition) is 2. The largest absolute Gasteiger partial charge is 0.269 e. The van der Waals surface area contributed by atoms with Gasteiger partial charge in [0, 0.05) is 17.2 Å². The maximum absolute atomic E-state index is 4.58. The molecule has 0 spiro atoms. The molecule has 0 fully saturated rings. The van der Waals surface area contributed by atoms with Crippen molar-refractivity contribution < 1.29 is 0 Å². The Morgan fingerprint density at radius 2 is 1.78 bits per heavy atom. The fourth-order valence-corrected chi connectivity index (χ4v) is 1.96. The fourth-order valence-electron chi connectivity index (χ4n) is 1.96. The monoisotopic (exact) mass is 243 g/mol. The summed E-state index contributed by atoms with van der Waals surface area (Å²) in [6.45, 7) is 13.2. The predicted octanol–water partition coefficient (Wildman–Crippen LogP) is 2.47. The molecule has 0 aromatic carbocycles. The first-order chi connectivity index (χ1) is 8.15. The topological polar surface area (TPSA) is 30.7 Å². The minimum Gasteiger partial charge on any atom is -0.269 e. The highest BCUT2D eigenvalue weighted by Gasteiger charge is 2.17. The third-order valence-electron chi connectivity index (χ3n) is 2.85. The van der Waals surface area contributed by atoms with E-state index in [4.69, 9.17) is 0 Å². The number of pyridine rings is 1. The number of nitrogens with zero attached hydrogens (tertiary/aromatic N) is 3. The van der Waals surface area contributed by atoms with Crippen LogP contribution >= 0.6 is 0 Å². The Morgan fingerprint density at radius 3 is 2.33 bits per heavy atom. The number of rotatable bonds is 1. The summed E-state index contributed by atoms with van der Waals surface area (Å²) in [4.78, 5) is 4.51. The zero-order valence-electron chi connectivity index (χ0n) is 12.3. The van der Waals surface area contributed by atoms with Crippen LogP contribution in [0.4, 0.5) is 0 Å². The van der Waals surface area contributed by atoms with E-state index in [2.05, 4.69) is 63.9 Å². The predicted molar refractivity (Wildman–Crippen MR) is 79.0 cm³/mol. The molecule has 0 saturated carbocycles. The molecular weight excluding hydrogens is 221 g/mol. The zero-order valence-corrected chi connectivity index (χ0v) is 12.3. The molecule has 0 N–H and O–H groups in total.